The van der Waals surface area contributed by atoms with Crippen LogP contribution in [0.3, 0.4) is 0 Å². The molecule has 1 aromatic heterocycles. The van der Waals surface area contributed by atoms with Crippen LogP contribution in [-0.2, 0) is 11.8 Å². The molecule has 0 spiro atoms. The quantitative estimate of drug-likeness (QED) is 0.879. The Morgan fingerprint density at radius 2 is 1.89 bits per heavy atom. The standard InChI is InChI=1S/C14H13BrClNS/c15-11-3-1-10(2-4-11)14(8-17-9-14)7-12-5-6-13(16)18-12/h1-6,17H,7-9H2. The predicted octanol–water partition coefficient (Wildman–Crippen LogP) is 4.25. The minimum atomic E-state index is 0.245. The van der Waals surface area contributed by atoms with E-state index in [-0.39, 0.29) is 5.41 Å². The van der Waals surface area contributed by atoms with E-state index >= 15 is 0 Å². The lowest BCUT2D eigenvalue weighted by atomic mass is 9.72. The zero-order valence-electron chi connectivity index (χ0n) is 9.75. The summed E-state index contributed by atoms with van der Waals surface area (Å²) in [5.74, 6) is 0. The highest BCUT2D eigenvalue weighted by atomic mass is 79.9. The number of rotatable bonds is 3. The molecule has 0 saturated carbocycles. The van der Waals surface area contributed by atoms with Gasteiger partial charge in [0.2, 0.25) is 0 Å². The van der Waals surface area contributed by atoms with Crippen molar-refractivity contribution in [2.24, 2.45) is 0 Å². The number of hydrogen-bond acceptors (Lipinski definition) is 2. The Kier molecular flexibility index (Phi) is 3.50. The van der Waals surface area contributed by atoms with E-state index in [9.17, 15) is 0 Å². The van der Waals surface area contributed by atoms with E-state index in [1.54, 1.807) is 11.3 Å². The molecule has 1 saturated heterocycles. The van der Waals surface area contributed by atoms with Crippen molar-refractivity contribution >= 4 is 38.9 Å². The average molecular weight is 343 g/mol. The van der Waals surface area contributed by atoms with Gasteiger partial charge in [-0.15, -0.1) is 11.3 Å². The fourth-order valence-corrected chi connectivity index (χ4v) is 3.94. The van der Waals surface area contributed by atoms with Crippen LogP contribution >= 0.6 is 38.9 Å². The molecule has 0 radical (unpaired) electrons. The molecule has 0 bridgehead atoms. The lowest BCUT2D eigenvalue weighted by molar-refractivity contribution is 0.276. The molecule has 1 aliphatic rings. The Hall–Kier alpha value is -0.350. The molecule has 94 valence electrons. The van der Waals surface area contributed by atoms with Crippen LogP contribution in [0.2, 0.25) is 4.34 Å². The molecule has 1 aliphatic heterocycles. The lowest BCUT2D eigenvalue weighted by Gasteiger charge is -2.43. The Bertz CT molecular complexity index is 545. The molecule has 0 amide bonds. The number of benzene rings is 1. The van der Waals surface area contributed by atoms with Crippen LogP contribution in [0, 0.1) is 0 Å². The van der Waals surface area contributed by atoms with Crippen molar-refractivity contribution in [2.75, 3.05) is 13.1 Å². The molecular formula is C14H13BrClNS. The van der Waals surface area contributed by atoms with Gasteiger partial charge in [-0.1, -0.05) is 39.7 Å². The molecule has 3 rings (SSSR count). The van der Waals surface area contributed by atoms with Crippen LogP contribution in [0.15, 0.2) is 40.9 Å². The highest BCUT2D eigenvalue weighted by Crippen LogP contribution is 2.35. The van der Waals surface area contributed by atoms with Gasteiger partial charge in [-0.05, 0) is 36.2 Å². The third-order valence-electron chi connectivity index (χ3n) is 3.52. The largest absolute Gasteiger partial charge is 0.315 e. The normalized spacial score (nSPS) is 17.4. The topological polar surface area (TPSA) is 12.0 Å². The maximum Gasteiger partial charge on any atom is 0.0931 e. The molecule has 18 heavy (non-hydrogen) atoms. The van der Waals surface area contributed by atoms with Crippen molar-refractivity contribution in [3.8, 4) is 0 Å². The third-order valence-corrected chi connectivity index (χ3v) is 5.28. The van der Waals surface area contributed by atoms with Crippen LogP contribution in [0.4, 0.5) is 0 Å². The van der Waals surface area contributed by atoms with Gasteiger partial charge in [0.05, 0.1) is 4.34 Å². The summed E-state index contributed by atoms with van der Waals surface area (Å²) in [4.78, 5) is 1.37. The summed E-state index contributed by atoms with van der Waals surface area (Å²) in [6.45, 7) is 2.09. The zero-order chi connectivity index (χ0) is 12.6. The van der Waals surface area contributed by atoms with E-state index in [2.05, 4.69) is 51.6 Å². The minimum absolute atomic E-state index is 0.245. The van der Waals surface area contributed by atoms with Crippen LogP contribution in [-0.4, -0.2) is 13.1 Å². The van der Waals surface area contributed by atoms with Gasteiger partial charge in [0, 0.05) is 27.9 Å². The number of nitrogens with one attached hydrogen (secondary N) is 1. The smallest absolute Gasteiger partial charge is 0.0931 e. The van der Waals surface area contributed by atoms with Gasteiger partial charge < -0.3 is 5.32 Å². The van der Waals surface area contributed by atoms with Crippen molar-refractivity contribution in [2.45, 2.75) is 11.8 Å². The van der Waals surface area contributed by atoms with Crippen molar-refractivity contribution < 1.29 is 0 Å². The summed E-state index contributed by atoms with van der Waals surface area (Å²) >= 11 is 11.2. The number of thiophene rings is 1. The monoisotopic (exact) mass is 341 g/mol. The van der Waals surface area contributed by atoms with Crippen molar-refractivity contribution in [1.82, 2.24) is 5.32 Å². The molecule has 2 heterocycles. The van der Waals surface area contributed by atoms with E-state index in [1.807, 2.05) is 6.07 Å². The SMILES string of the molecule is Clc1ccc(CC2(c3ccc(Br)cc3)CNC2)s1. The van der Waals surface area contributed by atoms with E-state index in [1.165, 1.54) is 10.4 Å². The first kappa shape index (κ1) is 12.7. The molecular weight excluding hydrogens is 330 g/mol. The molecule has 1 N–H and O–H groups in total. The summed E-state index contributed by atoms with van der Waals surface area (Å²) in [5, 5.41) is 3.40. The molecule has 0 aliphatic carbocycles. The van der Waals surface area contributed by atoms with Crippen molar-refractivity contribution in [1.29, 1.82) is 0 Å². The van der Waals surface area contributed by atoms with Crippen LogP contribution in [0.25, 0.3) is 0 Å². The zero-order valence-corrected chi connectivity index (χ0v) is 12.9. The summed E-state index contributed by atoms with van der Waals surface area (Å²) in [6, 6.07) is 12.8. The Balaban J connectivity index is 1.88. The first-order valence-corrected chi connectivity index (χ1v) is 7.88. The summed E-state index contributed by atoms with van der Waals surface area (Å²) in [5.41, 5.74) is 1.66. The average Bonchev–Trinajstić information content (AvgIpc) is 2.71. The maximum absolute atomic E-state index is 6.01. The van der Waals surface area contributed by atoms with Gasteiger partial charge >= 0.3 is 0 Å². The van der Waals surface area contributed by atoms with Gasteiger partial charge in [-0.2, -0.15) is 0 Å². The first-order valence-electron chi connectivity index (χ1n) is 5.89. The van der Waals surface area contributed by atoms with Crippen molar-refractivity contribution in [3.63, 3.8) is 0 Å². The molecule has 0 unspecified atom stereocenters. The van der Waals surface area contributed by atoms with E-state index in [0.717, 1.165) is 28.3 Å². The highest BCUT2D eigenvalue weighted by molar-refractivity contribution is 9.10. The van der Waals surface area contributed by atoms with Gasteiger partial charge in [-0.25, -0.2) is 0 Å². The summed E-state index contributed by atoms with van der Waals surface area (Å²) in [6.07, 6.45) is 1.07. The fourth-order valence-electron chi connectivity index (χ4n) is 2.44. The predicted molar refractivity (Wildman–Crippen MR) is 81.7 cm³/mol. The van der Waals surface area contributed by atoms with Crippen LogP contribution in [0.1, 0.15) is 10.4 Å². The third kappa shape index (κ3) is 2.37. The Morgan fingerprint density at radius 3 is 2.39 bits per heavy atom. The second-order valence-electron chi connectivity index (χ2n) is 4.77. The Labute approximate surface area is 124 Å². The number of hydrogen-bond donors (Lipinski definition) is 1. The van der Waals surface area contributed by atoms with Gasteiger partial charge in [-0.3, -0.25) is 0 Å². The number of halogens is 2. The lowest BCUT2D eigenvalue weighted by Crippen LogP contribution is -2.58. The second kappa shape index (κ2) is 4.97. The molecule has 1 aromatic carbocycles. The maximum atomic E-state index is 6.01. The molecule has 1 nitrogen and oxygen atoms in total. The molecule has 0 atom stereocenters. The second-order valence-corrected chi connectivity index (χ2v) is 7.49. The van der Waals surface area contributed by atoms with Gasteiger partial charge in [0.15, 0.2) is 0 Å². The Morgan fingerprint density at radius 1 is 1.17 bits per heavy atom. The summed E-state index contributed by atoms with van der Waals surface area (Å²) < 4.78 is 2.01. The first-order chi connectivity index (χ1) is 8.68. The van der Waals surface area contributed by atoms with Gasteiger partial charge in [0.25, 0.3) is 0 Å². The molecule has 2 aromatic rings. The minimum Gasteiger partial charge on any atom is -0.315 e. The highest BCUT2D eigenvalue weighted by Gasteiger charge is 2.38. The van der Waals surface area contributed by atoms with E-state index in [0.29, 0.717) is 0 Å². The van der Waals surface area contributed by atoms with E-state index < -0.39 is 0 Å². The van der Waals surface area contributed by atoms with Crippen LogP contribution in [0.5, 0.6) is 0 Å². The molecule has 4 heteroatoms. The fraction of sp³-hybridized carbons (Fsp3) is 0.286. The molecule has 1 fully saturated rings. The van der Waals surface area contributed by atoms with Crippen molar-refractivity contribution in [3.05, 3.63) is 55.6 Å². The van der Waals surface area contributed by atoms with E-state index in [4.69, 9.17) is 11.6 Å². The van der Waals surface area contributed by atoms with Gasteiger partial charge in [0.1, 0.15) is 0 Å². The summed E-state index contributed by atoms with van der Waals surface area (Å²) in [7, 11) is 0. The van der Waals surface area contributed by atoms with Crippen LogP contribution < -0.4 is 5.32 Å².